The van der Waals surface area contributed by atoms with Crippen LogP contribution >= 0.6 is 0 Å². The van der Waals surface area contributed by atoms with Gasteiger partial charge in [0.15, 0.2) is 5.43 Å². The Bertz CT molecular complexity index is 1330. The molecule has 1 aliphatic heterocycles. The lowest BCUT2D eigenvalue weighted by Gasteiger charge is -2.43. The molecular formula is C31H44N2O5. The van der Waals surface area contributed by atoms with Crippen molar-refractivity contribution in [2.75, 3.05) is 33.4 Å². The quantitative estimate of drug-likeness (QED) is 0.383. The maximum absolute atomic E-state index is 13.2. The summed E-state index contributed by atoms with van der Waals surface area (Å²) in [5, 5.41) is 2.03. The van der Waals surface area contributed by atoms with Crippen LogP contribution in [0, 0.1) is 5.41 Å². The molecule has 3 rings (SSSR count). The Kier molecular flexibility index (Phi) is 9.47. The molecule has 1 atom stereocenters. The third kappa shape index (κ3) is 6.32. The predicted molar refractivity (Wildman–Crippen MR) is 152 cm³/mol. The van der Waals surface area contributed by atoms with Crippen molar-refractivity contribution in [2.24, 2.45) is 5.41 Å². The Balaban J connectivity index is 2.35. The van der Waals surface area contributed by atoms with E-state index in [4.69, 9.17) is 14.2 Å². The predicted octanol–water partition coefficient (Wildman–Crippen LogP) is 4.10. The van der Waals surface area contributed by atoms with Gasteiger partial charge >= 0.3 is 5.97 Å². The van der Waals surface area contributed by atoms with E-state index < -0.39 is 5.97 Å². The molecular weight excluding hydrogens is 480 g/mol. The second-order valence-corrected chi connectivity index (χ2v) is 11.3. The number of hydrogen-bond donors (Lipinski definition) is 0. The van der Waals surface area contributed by atoms with E-state index >= 15 is 0 Å². The molecule has 2 heterocycles. The van der Waals surface area contributed by atoms with Gasteiger partial charge in [-0.1, -0.05) is 45.4 Å². The van der Waals surface area contributed by atoms with Crippen LogP contribution in [0.15, 0.2) is 35.3 Å². The number of rotatable bonds is 8. The summed E-state index contributed by atoms with van der Waals surface area (Å²) in [5.74, 6) is 0.209. The molecule has 0 amide bonds. The number of carbonyl (C=O) groups is 1. The summed E-state index contributed by atoms with van der Waals surface area (Å²) < 4.78 is 19.2. The fourth-order valence-corrected chi connectivity index (χ4v) is 4.93. The molecule has 2 aromatic rings. The van der Waals surface area contributed by atoms with Crippen molar-refractivity contribution in [3.8, 4) is 5.75 Å². The number of nitrogens with zero attached hydrogens (tertiary/aromatic N) is 2. The molecule has 0 saturated heterocycles. The summed E-state index contributed by atoms with van der Waals surface area (Å²) in [6.45, 7) is 18.4. The molecule has 0 N–H and O–H groups in total. The van der Waals surface area contributed by atoms with E-state index in [9.17, 15) is 9.59 Å². The molecule has 7 nitrogen and oxygen atoms in total. The highest BCUT2D eigenvalue weighted by atomic mass is 16.5. The lowest BCUT2D eigenvalue weighted by molar-refractivity contribution is 0.0522. The zero-order valence-corrected chi connectivity index (χ0v) is 24.5. The zero-order valence-electron chi connectivity index (χ0n) is 24.5. The molecule has 1 aliphatic rings. The van der Waals surface area contributed by atoms with Crippen molar-refractivity contribution in [2.45, 2.75) is 74.0 Å². The minimum absolute atomic E-state index is 0.0346. The van der Waals surface area contributed by atoms with E-state index in [1.54, 1.807) is 19.2 Å². The Morgan fingerprint density at radius 2 is 1.87 bits per heavy atom. The SMILES string of the molecule is CCOC(=O)c1cn2c(cc1=O)/C(=c1\cccc(OCCOC(C)C)\c1=C(/C)CC)N(C)CC2C(C)(C)C. The first-order valence-electron chi connectivity index (χ1n) is 13.6. The molecule has 1 aromatic heterocycles. The van der Waals surface area contributed by atoms with Crippen molar-refractivity contribution in [3.05, 3.63) is 62.4 Å². The Labute approximate surface area is 226 Å². The Hall–Kier alpha value is -3.06. The van der Waals surface area contributed by atoms with E-state index in [0.29, 0.717) is 13.2 Å². The molecule has 7 heteroatoms. The highest BCUT2D eigenvalue weighted by Gasteiger charge is 2.35. The smallest absolute Gasteiger partial charge is 0.343 e. The number of hydrogen-bond acceptors (Lipinski definition) is 6. The van der Waals surface area contributed by atoms with Crippen molar-refractivity contribution >= 4 is 17.2 Å². The van der Waals surface area contributed by atoms with E-state index in [2.05, 4.69) is 57.2 Å². The van der Waals surface area contributed by atoms with E-state index in [1.807, 2.05) is 26.0 Å². The number of benzene rings is 1. The van der Waals surface area contributed by atoms with Gasteiger partial charge in [-0.05, 0) is 45.6 Å². The topological polar surface area (TPSA) is 70.0 Å². The summed E-state index contributed by atoms with van der Waals surface area (Å²) in [4.78, 5) is 28.1. The Morgan fingerprint density at radius 1 is 1.16 bits per heavy atom. The monoisotopic (exact) mass is 524 g/mol. The molecule has 0 spiro atoms. The van der Waals surface area contributed by atoms with Gasteiger partial charge in [0.05, 0.1) is 36.8 Å². The molecule has 1 aromatic carbocycles. The van der Waals surface area contributed by atoms with Crippen LogP contribution < -0.4 is 20.6 Å². The fourth-order valence-electron chi connectivity index (χ4n) is 4.93. The summed E-state index contributed by atoms with van der Waals surface area (Å²) in [6, 6.07) is 7.69. The van der Waals surface area contributed by atoms with Gasteiger partial charge in [0.2, 0.25) is 0 Å². The van der Waals surface area contributed by atoms with Gasteiger partial charge in [-0.2, -0.15) is 0 Å². The molecule has 0 aliphatic carbocycles. The number of carbonyl (C=O) groups excluding carboxylic acids is 1. The number of pyridine rings is 1. The molecule has 0 fully saturated rings. The maximum atomic E-state index is 13.2. The molecule has 208 valence electrons. The number of aromatic nitrogens is 1. The van der Waals surface area contributed by atoms with Crippen molar-refractivity contribution in [1.29, 1.82) is 0 Å². The second-order valence-electron chi connectivity index (χ2n) is 11.3. The lowest BCUT2D eigenvalue weighted by Crippen LogP contribution is -2.46. The first kappa shape index (κ1) is 29.5. The van der Waals surface area contributed by atoms with Crippen LogP contribution in [0.25, 0.3) is 11.3 Å². The standard InChI is InChI=1S/C31H44N2O5/c1-10-21(5)28-22(13-12-14-26(28)38-16-15-37-20(3)4)29-24-17-25(34)23(30(35)36-11-2)18-33(24)27(19-32(29)9)31(6,7)8/h12-14,17-18,20,27H,10-11,15-16,19H2,1-9H3/b28-21+,29-22-. The highest BCUT2D eigenvalue weighted by Crippen LogP contribution is 2.37. The van der Waals surface area contributed by atoms with Crippen LogP contribution in [0.3, 0.4) is 0 Å². The van der Waals surface area contributed by atoms with Crippen LogP contribution in [-0.4, -0.2) is 55.0 Å². The van der Waals surface area contributed by atoms with Crippen LogP contribution in [0.4, 0.5) is 0 Å². The third-order valence-electron chi connectivity index (χ3n) is 7.01. The number of likely N-dealkylation sites (N-methyl/N-ethyl adjacent to an activating group) is 1. The molecule has 0 saturated carbocycles. The summed E-state index contributed by atoms with van der Waals surface area (Å²) in [5.41, 5.74) is 2.51. The van der Waals surface area contributed by atoms with E-state index in [-0.39, 0.29) is 35.2 Å². The lowest BCUT2D eigenvalue weighted by atomic mass is 9.84. The minimum atomic E-state index is -0.587. The average molecular weight is 525 g/mol. The Morgan fingerprint density at radius 3 is 2.47 bits per heavy atom. The molecule has 38 heavy (non-hydrogen) atoms. The zero-order chi connectivity index (χ0) is 28.2. The van der Waals surface area contributed by atoms with Gasteiger partial charge in [0, 0.05) is 36.3 Å². The summed E-state index contributed by atoms with van der Waals surface area (Å²) in [7, 11) is 2.07. The number of esters is 1. The highest BCUT2D eigenvalue weighted by molar-refractivity contribution is 5.89. The van der Waals surface area contributed by atoms with Crippen LogP contribution in [0.5, 0.6) is 5.75 Å². The summed E-state index contributed by atoms with van der Waals surface area (Å²) >= 11 is 0. The van der Waals surface area contributed by atoms with Gasteiger partial charge in [-0.3, -0.25) is 4.79 Å². The maximum Gasteiger partial charge on any atom is 0.343 e. The van der Waals surface area contributed by atoms with Crippen molar-refractivity contribution in [1.82, 2.24) is 9.47 Å². The van der Waals surface area contributed by atoms with Crippen molar-refractivity contribution < 1.29 is 19.0 Å². The largest absolute Gasteiger partial charge is 0.491 e. The molecule has 1 unspecified atom stereocenters. The van der Waals surface area contributed by atoms with E-state index in [1.165, 1.54) is 5.57 Å². The summed E-state index contributed by atoms with van der Waals surface area (Å²) in [6.07, 6.45) is 2.69. The number of ether oxygens (including phenoxy) is 3. The van der Waals surface area contributed by atoms with Crippen LogP contribution in [0.2, 0.25) is 0 Å². The van der Waals surface area contributed by atoms with Gasteiger partial charge in [-0.25, -0.2) is 4.79 Å². The molecule has 0 radical (unpaired) electrons. The first-order chi connectivity index (χ1) is 17.9. The van der Waals surface area contributed by atoms with Gasteiger partial charge in [0.25, 0.3) is 0 Å². The average Bonchev–Trinajstić information content (AvgIpc) is 2.84. The molecule has 0 bridgehead atoms. The van der Waals surface area contributed by atoms with Crippen LogP contribution in [-0.2, 0) is 9.47 Å². The number of fused-ring (bicyclic) bond motifs is 1. The minimum Gasteiger partial charge on any atom is -0.491 e. The van der Waals surface area contributed by atoms with Gasteiger partial charge < -0.3 is 23.7 Å². The van der Waals surface area contributed by atoms with E-state index in [0.717, 1.165) is 40.5 Å². The van der Waals surface area contributed by atoms with Crippen LogP contribution in [0.1, 0.15) is 83.9 Å². The third-order valence-corrected chi connectivity index (χ3v) is 7.01. The fraction of sp³-hybridized carbons (Fsp3) is 0.548. The second kappa shape index (κ2) is 12.2. The first-order valence-corrected chi connectivity index (χ1v) is 13.6. The van der Waals surface area contributed by atoms with Crippen molar-refractivity contribution in [3.63, 3.8) is 0 Å². The van der Waals surface area contributed by atoms with Gasteiger partial charge in [0.1, 0.15) is 17.9 Å². The van der Waals surface area contributed by atoms with Gasteiger partial charge in [-0.15, -0.1) is 0 Å². The normalized spacial score (nSPS) is 17.8.